The third-order valence-corrected chi connectivity index (χ3v) is 6.88. The molecule has 0 radical (unpaired) electrons. The highest BCUT2D eigenvalue weighted by Crippen LogP contribution is 2.26. The molecule has 0 bridgehead atoms. The number of benzene rings is 1. The van der Waals surface area contributed by atoms with Gasteiger partial charge in [-0.3, -0.25) is 14.4 Å². The molecule has 30 heavy (non-hydrogen) atoms. The highest BCUT2D eigenvalue weighted by atomic mass is 32.1. The van der Waals surface area contributed by atoms with E-state index in [4.69, 9.17) is 0 Å². The fourth-order valence-electron chi connectivity index (χ4n) is 4.31. The summed E-state index contributed by atoms with van der Waals surface area (Å²) in [5.41, 5.74) is 1.08. The van der Waals surface area contributed by atoms with E-state index in [0.717, 1.165) is 12.0 Å². The van der Waals surface area contributed by atoms with Gasteiger partial charge in [-0.1, -0.05) is 36.4 Å². The Hall–Kier alpha value is -2.67. The Labute approximate surface area is 180 Å². The first-order valence-electron chi connectivity index (χ1n) is 10.6. The van der Waals surface area contributed by atoms with Gasteiger partial charge in [0.05, 0.1) is 4.88 Å². The average Bonchev–Trinajstić information content (AvgIpc) is 3.50. The van der Waals surface area contributed by atoms with Crippen LogP contribution in [0.5, 0.6) is 0 Å². The molecule has 4 rings (SSSR count). The zero-order valence-electron chi connectivity index (χ0n) is 17.0. The minimum Gasteiger partial charge on any atom is -0.352 e. The van der Waals surface area contributed by atoms with Crippen LogP contribution in [0.1, 0.15) is 40.9 Å². The summed E-state index contributed by atoms with van der Waals surface area (Å²) >= 11 is 1.41. The summed E-state index contributed by atoms with van der Waals surface area (Å²) in [6.07, 6.45) is 2.90. The maximum atomic E-state index is 13.1. The number of thiophene rings is 1. The maximum absolute atomic E-state index is 13.1. The van der Waals surface area contributed by atoms with Crippen molar-refractivity contribution >= 4 is 29.1 Å². The number of nitrogens with zero attached hydrogens (tertiary/aromatic N) is 2. The van der Waals surface area contributed by atoms with Crippen LogP contribution in [0.3, 0.4) is 0 Å². The molecular formula is C23H27N3O3S. The van der Waals surface area contributed by atoms with Crippen LogP contribution in [-0.2, 0) is 16.1 Å². The fourth-order valence-corrected chi connectivity index (χ4v) is 4.99. The predicted molar refractivity (Wildman–Crippen MR) is 116 cm³/mol. The van der Waals surface area contributed by atoms with Crippen LogP contribution < -0.4 is 5.32 Å². The fraction of sp³-hybridized carbons (Fsp3) is 0.435. The van der Waals surface area contributed by atoms with Crippen molar-refractivity contribution in [2.45, 2.75) is 38.3 Å². The molecule has 3 heterocycles. The Kier molecular flexibility index (Phi) is 6.47. The van der Waals surface area contributed by atoms with Gasteiger partial charge < -0.3 is 15.1 Å². The van der Waals surface area contributed by atoms with Crippen molar-refractivity contribution in [3.05, 3.63) is 58.3 Å². The van der Waals surface area contributed by atoms with E-state index in [0.29, 0.717) is 50.3 Å². The molecule has 2 aromatic rings. The van der Waals surface area contributed by atoms with E-state index in [9.17, 15) is 14.4 Å². The normalized spacial score (nSPS) is 19.7. The second kappa shape index (κ2) is 9.43. The van der Waals surface area contributed by atoms with E-state index < -0.39 is 0 Å². The number of amides is 3. The van der Waals surface area contributed by atoms with Crippen molar-refractivity contribution in [2.24, 2.45) is 5.92 Å². The minimum atomic E-state index is -0.372. The Balaban J connectivity index is 1.28. The molecular weight excluding hydrogens is 398 g/mol. The van der Waals surface area contributed by atoms with Crippen molar-refractivity contribution < 1.29 is 14.4 Å². The lowest BCUT2D eigenvalue weighted by molar-refractivity contribution is -0.138. The Morgan fingerprint density at radius 2 is 1.73 bits per heavy atom. The number of rotatable bonds is 5. The molecule has 3 amide bonds. The number of hydrogen-bond acceptors (Lipinski definition) is 4. The SMILES string of the molecule is O=C(NCc1ccccc1)C1CCN(C(=O)[C@H]2CCCN2C(=O)c2cccs2)CC1. The Morgan fingerprint density at radius 3 is 2.43 bits per heavy atom. The van der Waals surface area contributed by atoms with Crippen LogP contribution in [0, 0.1) is 5.92 Å². The first kappa shape index (κ1) is 20.6. The minimum absolute atomic E-state index is 0.0283. The van der Waals surface area contributed by atoms with Crippen LogP contribution in [0.25, 0.3) is 0 Å². The summed E-state index contributed by atoms with van der Waals surface area (Å²) in [7, 11) is 0. The third kappa shape index (κ3) is 4.56. The molecule has 6 nitrogen and oxygen atoms in total. The van der Waals surface area contributed by atoms with Crippen molar-refractivity contribution in [3.63, 3.8) is 0 Å². The lowest BCUT2D eigenvalue weighted by Crippen LogP contribution is -2.51. The van der Waals surface area contributed by atoms with Gasteiger partial charge in [0, 0.05) is 32.1 Å². The number of carbonyl (C=O) groups excluding carboxylic acids is 3. The van der Waals surface area contributed by atoms with E-state index in [1.54, 1.807) is 4.90 Å². The van der Waals surface area contributed by atoms with Crippen molar-refractivity contribution in [3.8, 4) is 0 Å². The second-order valence-corrected chi connectivity index (χ2v) is 8.88. The summed E-state index contributed by atoms with van der Waals surface area (Å²) < 4.78 is 0. The topological polar surface area (TPSA) is 69.7 Å². The van der Waals surface area contributed by atoms with Gasteiger partial charge in [-0.25, -0.2) is 0 Å². The Bertz CT molecular complexity index is 876. The molecule has 0 unspecified atom stereocenters. The molecule has 0 spiro atoms. The van der Waals surface area contributed by atoms with Gasteiger partial charge in [0.1, 0.15) is 6.04 Å². The lowest BCUT2D eigenvalue weighted by atomic mass is 9.95. The van der Waals surface area contributed by atoms with E-state index in [1.807, 2.05) is 52.7 Å². The van der Waals surface area contributed by atoms with Gasteiger partial charge in [0.2, 0.25) is 11.8 Å². The highest BCUT2D eigenvalue weighted by molar-refractivity contribution is 7.12. The third-order valence-electron chi connectivity index (χ3n) is 6.02. The molecule has 158 valence electrons. The molecule has 2 aliphatic rings. The number of piperidine rings is 1. The highest BCUT2D eigenvalue weighted by Gasteiger charge is 2.38. The molecule has 2 aliphatic heterocycles. The van der Waals surface area contributed by atoms with Crippen LogP contribution in [0.4, 0.5) is 0 Å². The molecule has 7 heteroatoms. The number of likely N-dealkylation sites (tertiary alicyclic amines) is 2. The molecule has 2 saturated heterocycles. The van der Waals surface area contributed by atoms with Crippen LogP contribution in [0.2, 0.25) is 0 Å². The standard InChI is InChI=1S/C23H27N3O3S/c27-21(24-16-17-6-2-1-3-7-17)18-10-13-25(14-11-18)22(28)19-8-4-12-26(19)23(29)20-9-5-15-30-20/h1-3,5-7,9,15,18-19H,4,8,10-14,16H2,(H,24,27)/t19-/m1/s1. The van der Waals surface area contributed by atoms with Gasteiger partial charge in [0.15, 0.2) is 0 Å². The molecule has 0 saturated carbocycles. The summed E-state index contributed by atoms with van der Waals surface area (Å²) in [5.74, 6) is -0.0249. The molecule has 1 atom stereocenters. The summed E-state index contributed by atoms with van der Waals surface area (Å²) in [6, 6.07) is 13.2. The summed E-state index contributed by atoms with van der Waals surface area (Å²) in [5, 5.41) is 4.89. The maximum Gasteiger partial charge on any atom is 0.264 e. The van der Waals surface area contributed by atoms with Gasteiger partial charge in [0.25, 0.3) is 5.91 Å². The van der Waals surface area contributed by atoms with Crippen LogP contribution in [-0.4, -0.2) is 53.2 Å². The van der Waals surface area contributed by atoms with E-state index in [1.165, 1.54) is 11.3 Å². The molecule has 1 aromatic heterocycles. The molecule has 1 N–H and O–H groups in total. The molecule has 1 aromatic carbocycles. The van der Waals surface area contributed by atoms with Crippen molar-refractivity contribution in [1.29, 1.82) is 0 Å². The predicted octanol–water partition coefficient (Wildman–Crippen LogP) is 2.91. The van der Waals surface area contributed by atoms with Gasteiger partial charge >= 0.3 is 0 Å². The summed E-state index contributed by atoms with van der Waals surface area (Å²) in [4.78, 5) is 42.6. The lowest BCUT2D eigenvalue weighted by Gasteiger charge is -2.35. The van der Waals surface area contributed by atoms with Gasteiger partial charge in [-0.15, -0.1) is 11.3 Å². The van der Waals surface area contributed by atoms with E-state index in [2.05, 4.69) is 5.32 Å². The monoisotopic (exact) mass is 425 g/mol. The summed E-state index contributed by atoms with van der Waals surface area (Å²) in [6.45, 7) is 2.30. The number of nitrogens with one attached hydrogen (secondary N) is 1. The average molecular weight is 426 g/mol. The van der Waals surface area contributed by atoms with Crippen LogP contribution >= 0.6 is 11.3 Å². The van der Waals surface area contributed by atoms with Crippen molar-refractivity contribution in [1.82, 2.24) is 15.1 Å². The quantitative estimate of drug-likeness (QED) is 0.801. The first-order valence-corrected chi connectivity index (χ1v) is 11.5. The second-order valence-electron chi connectivity index (χ2n) is 7.94. The Morgan fingerprint density at radius 1 is 0.967 bits per heavy atom. The van der Waals surface area contributed by atoms with Crippen LogP contribution in [0.15, 0.2) is 47.8 Å². The number of carbonyl (C=O) groups is 3. The molecule has 2 fully saturated rings. The number of hydrogen-bond donors (Lipinski definition) is 1. The largest absolute Gasteiger partial charge is 0.352 e. The zero-order valence-corrected chi connectivity index (χ0v) is 17.8. The first-order chi connectivity index (χ1) is 14.6. The molecule has 0 aliphatic carbocycles. The smallest absolute Gasteiger partial charge is 0.264 e. The van der Waals surface area contributed by atoms with Gasteiger partial charge in [-0.2, -0.15) is 0 Å². The van der Waals surface area contributed by atoms with Crippen molar-refractivity contribution in [2.75, 3.05) is 19.6 Å². The van der Waals surface area contributed by atoms with E-state index in [-0.39, 0.29) is 29.7 Å². The van der Waals surface area contributed by atoms with E-state index >= 15 is 0 Å². The zero-order chi connectivity index (χ0) is 20.9. The van der Waals surface area contributed by atoms with Gasteiger partial charge in [-0.05, 0) is 42.7 Å².